The third-order valence-corrected chi connectivity index (χ3v) is 4.94. The van der Waals surface area contributed by atoms with Gasteiger partial charge in [-0.1, -0.05) is 24.3 Å². The first-order valence-corrected chi connectivity index (χ1v) is 7.54. The van der Waals surface area contributed by atoms with Gasteiger partial charge in [-0.05, 0) is 56.1 Å². The zero-order chi connectivity index (χ0) is 15.2. The lowest BCUT2D eigenvalue weighted by Crippen LogP contribution is -2.54. The third-order valence-electron chi connectivity index (χ3n) is 4.94. The Balaban J connectivity index is 1.68. The molecule has 2 N–H and O–H groups in total. The molecule has 1 aromatic rings. The Kier molecular flexibility index (Phi) is 3.27. The van der Waals surface area contributed by atoms with E-state index < -0.39 is 11.5 Å². The minimum absolute atomic E-state index is 0.0783. The maximum atomic E-state index is 12.4. The normalized spacial score (nSPS) is 26.8. The fraction of sp³-hybridized carbons (Fsp3) is 0.529. The van der Waals surface area contributed by atoms with Crippen molar-refractivity contribution in [3.05, 3.63) is 35.4 Å². The Hall–Kier alpha value is -1.84. The van der Waals surface area contributed by atoms with Crippen molar-refractivity contribution in [2.75, 3.05) is 0 Å². The summed E-state index contributed by atoms with van der Waals surface area (Å²) in [5, 5.41) is 12.2. The number of amides is 1. The van der Waals surface area contributed by atoms with Crippen molar-refractivity contribution in [1.82, 2.24) is 5.32 Å². The van der Waals surface area contributed by atoms with Crippen LogP contribution in [-0.4, -0.2) is 22.5 Å². The van der Waals surface area contributed by atoms with Crippen molar-refractivity contribution in [3.8, 4) is 0 Å². The molecule has 0 bridgehead atoms. The van der Waals surface area contributed by atoms with E-state index >= 15 is 0 Å². The predicted molar refractivity (Wildman–Crippen MR) is 78.9 cm³/mol. The number of carboxylic acid groups (broad SMARTS) is 1. The Morgan fingerprint density at radius 2 is 1.95 bits per heavy atom. The van der Waals surface area contributed by atoms with Gasteiger partial charge in [0.05, 0.1) is 0 Å². The molecule has 0 spiro atoms. The standard InChI is InChI=1S/C17H21NO3/c1-10-5-3-4-6-12(10)13-9-14(13)15(19)18-17(2,16(20)21)11-7-8-11/h3-6,11,13-14H,7-9H2,1-2H3,(H,18,19)(H,20,21)/t13-,14+,17+/m0/s1. The lowest BCUT2D eigenvalue weighted by atomic mass is 9.95. The first kappa shape index (κ1) is 14.1. The maximum absolute atomic E-state index is 12.4. The van der Waals surface area contributed by atoms with Crippen molar-refractivity contribution in [3.63, 3.8) is 0 Å². The molecule has 3 rings (SSSR count). The number of nitrogens with one attached hydrogen (secondary N) is 1. The molecular formula is C17H21NO3. The fourth-order valence-corrected chi connectivity index (χ4v) is 3.17. The molecule has 2 fully saturated rings. The van der Waals surface area contributed by atoms with Gasteiger partial charge in [0.1, 0.15) is 5.54 Å². The Morgan fingerprint density at radius 3 is 2.52 bits per heavy atom. The average Bonchev–Trinajstić information content (AvgIpc) is 3.30. The number of hydrogen-bond acceptors (Lipinski definition) is 2. The van der Waals surface area contributed by atoms with Crippen LogP contribution in [0.5, 0.6) is 0 Å². The minimum atomic E-state index is -1.10. The highest BCUT2D eigenvalue weighted by atomic mass is 16.4. The Morgan fingerprint density at radius 1 is 1.29 bits per heavy atom. The monoisotopic (exact) mass is 287 g/mol. The molecule has 0 radical (unpaired) electrons. The van der Waals surface area contributed by atoms with E-state index in [1.807, 2.05) is 25.1 Å². The van der Waals surface area contributed by atoms with Crippen molar-refractivity contribution in [2.24, 2.45) is 11.8 Å². The summed E-state index contributed by atoms with van der Waals surface area (Å²) in [7, 11) is 0. The summed E-state index contributed by atoms with van der Waals surface area (Å²) in [5.41, 5.74) is 1.30. The van der Waals surface area contributed by atoms with Gasteiger partial charge in [-0.3, -0.25) is 4.79 Å². The van der Waals surface area contributed by atoms with Gasteiger partial charge in [0, 0.05) is 5.92 Å². The number of carboxylic acids is 1. The zero-order valence-electron chi connectivity index (χ0n) is 12.4. The molecule has 0 saturated heterocycles. The SMILES string of the molecule is Cc1ccccc1[C@@H]1C[C@H]1C(=O)N[C@@](C)(C(=O)O)C1CC1. The molecule has 0 heterocycles. The van der Waals surface area contributed by atoms with Crippen LogP contribution in [0.4, 0.5) is 0 Å². The second-order valence-corrected chi connectivity index (χ2v) is 6.58. The summed E-state index contributed by atoms with van der Waals surface area (Å²) in [6.45, 7) is 3.68. The van der Waals surface area contributed by atoms with E-state index in [1.54, 1.807) is 6.92 Å². The molecular weight excluding hydrogens is 266 g/mol. The quantitative estimate of drug-likeness (QED) is 0.874. The van der Waals surface area contributed by atoms with Crippen LogP contribution >= 0.6 is 0 Å². The van der Waals surface area contributed by atoms with Crippen LogP contribution in [0.15, 0.2) is 24.3 Å². The molecule has 1 amide bonds. The molecule has 21 heavy (non-hydrogen) atoms. The van der Waals surface area contributed by atoms with E-state index in [1.165, 1.54) is 11.1 Å². The van der Waals surface area contributed by atoms with Gasteiger partial charge < -0.3 is 10.4 Å². The molecule has 0 aliphatic heterocycles. The highest BCUT2D eigenvalue weighted by Crippen LogP contribution is 2.49. The number of aryl methyl sites for hydroxylation is 1. The number of rotatable bonds is 5. The molecule has 0 unspecified atom stereocenters. The maximum Gasteiger partial charge on any atom is 0.329 e. The summed E-state index contributed by atoms with van der Waals surface area (Å²) in [6.07, 6.45) is 2.58. The summed E-state index contributed by atoms with van der Waals surface area (Å²) in [4.78, 5) is 23.9. The average molecular weight is 287 g/mol. The van der Waals surface area contributed by atoms with Crippen LogP contribution in [-0.2, 0) is 9.59 Å². The van der Waals surface area contributed by atoms with Crippen molar-refractivity contribution in [2.45, 2.75) is 44.6 Å². The molecule has 2 aliphatic rings. The first-order chi connectivity index (χ1) is 9.93. The van der Waals surface area contributed by atoms with Crippen molar-refractivity contribution < 1.29 is 14.7 Å². The number of aliphatic carboxylic acids is 1. The van der Waals surface area contributed by atoms with Crippen LogP contribution < -0.4 is 5.32 Å². The lowest BCUT2D eigenvalue weighted by molar-refractivity contribution is -0.148. The van der Waals surface area contributed by atoms with Crippen LogP contribution in [0.25, 0.3) is 0 Å². The van der Waals surface area contributed by atoms with Gasteiger partial charge in [-0.25, -0.2) is 4.79 Å². The second-order valence-electron chi connectivity index (χ2n) is 6.58. The predicted octanol–water partition coefficient (Wildman–Crippen LogP) is 2.47. The van der Waals surface area contributed by atoms with Gasteiger partial charge in [-0.15, -0.1) is 0 Å². The topological polar surface area (TPSA) is 66.4 Å². The van der Waals surface area contributed by atoms with Crippen LogP contribution in [0.2, 0.25) is 0 Å². The first-order valence-electron chi connectivity index (χ1n) is 7.54. The van der Waals surface area contributed by atoms with E-state index in [9.17, 15) is 14.7 Å². The number of carbonyl (C=O) groups is 2. The lowest BCUT2D eigenvalue weighted by Gasteiger charge is -2.26. The fourth-order valence-electron chi connectivity index (χ4n) is 3.17. The Bertz CT molecular complexity index is 593. The Labute approximate surface area is 124 Å². The summed E-state index contributed by atoms with van der Waals surface area (Å²) < 4.78 is 0. The smallest absolute Gasteiger partial charge is 0.329 e. The van der Waals surface area contributed by atoms with E-state index in [0.29, 0.717) is 0 Å². The zero-order valence-corrected chi connectivity index (χ0v) is 12.4. The van der Waals surface area contributed by atoms with Crippen molar-refractivity contribution in [1.29, 1.82) is 0 Å². The highest BCUT2D eigenvalue weighted by Gasteiger charge is 2.52. The van der Waals surface area contributed by atoms with Crippen LogP contribution in [0.3, 0.4) is 0 Å². The van der Waals surface area contributed by atoms with Gasteiger partial charge >= 0.3 is 5.97 Å². The third kappa shape index (κ3) is 2.55. The number of hydrogen-bond donors (Lipinski definition) is 2. The molecule has 112 valence electrons. The van der Waals surface area contributed by atoms with Gasteiger partial charge in [0.2, 0.25) is 5.91 Å². The minimum Gasteiger partial charge on any atom is -0.480 e. The number of carbonyl (C=O) groups excluding carboxylic acids is 1. The summed E-state index contributed by atoms with van der Waals surface area (Å²) >= 11 is 0. The molecule has 2 aliphatic carbocycles. The van der Waals surface area contributed by atoms with E-state index in [0.717, 1.165) is 19.3 Å². The van der Waals surface area contributed by atoms with Gasteiger partial charge in [0.15, 0.2) is 0 Å². The summed E-state index contributed by atoms with van der Waals surface area (Å²) in [6, 6.07) is 8.09. The van der Waals surface area contributed by atoms with E-state index in [4.69, 9.17) is 0 Å². The van der Waals surface area contributed by atoms with Crippen molar-refractivity contribution >= 4 is 11.9 Å². The van der Waals surface area contributed by atoms with E-state index in [-0.39, 0.29) is 23.7 Å². The molecule has 4 heteroatoms. The van der Waals surface area contributed by atoms with E-state index in [2.05, 4.69) is 11.4 Å². The summed E-state index contributed by atoms with van der Waals surface area (Å²) in [5.74, 6) is -0.798. The molecule has 3 atom stereocenters. The number of benzene rings is 1. The van der Waals surface area contributed by atoms with Crippen LogP contribution in [0.1, 0.15) is 43.2 Å². The largest absolute Gasteiger partial charge is 0.480 e. The van der Waals surface area contributed by atoms with Gasteiger partial charge in [-0.2, -0.15) is 0 Å². The second kappa shape index (κ2) is 4.86. The molecule has 2 saturated carbocycles. The van der Waals surface area contributed by atoms with Crippen LogP contribution in [0, 0.1) is 18.8 Å². The molecule has 4 nitrogen and oxygen atoms in total. The van der Waals surface area contributed by atoms with Gasteiger partial charge in [0.25, 0.3) is 0 Å². The molecule has 0 aromatic heterocycles. The highest BCUT2D eigenvalue weighted by molar-refractivity contribution is 5.90. The molecule has 1 aromatic carbocycles.